The van der Waals surface area contributed by atoms with Crippen molar-refractivity contribution in [2.24, 2.45) is 0 Å². The van der Waals surface area contributed by atoms with E-state index in [4.69, 9.17) is 4.63 Å². The third-order valence-electron chi connectivity index (χ3n) is 4.09. The summed E-state index contributed by atoms with van der Waals surface area (Å²) in [5, 5.41) is 12.5. The molecule has 1 aromatic carbocycles. The predicted molar refractivity (Wildman–Crippen MR) is 88.6 cm³/mol. The van der Waals surface area contributed by atoms with Gasteiger partial charge in [0.15, 0.2) is 5.69 Å². The van der Waals surface area contributed by atoms with Gasteiger partial charge in [-0.3, -0.25) is 4.79 Å². The number of carbonyl (C=O) groups is 1. The van der Waals surface area contributed by atoms with Crippen LogP contribution >= 0.6 is 11.3 Å². The molecule has 0 aliphatic heterocycles. The normalized spacial score (nSPS) is 13.6. The van der Waals surface area contributed by atoms with Crippen molar-refractivity contribution < 1.29 is 9.42 Å². The summed E-state index contributed by atoms with van der Waals surface area (Å²) in [5.74, 6) is 0.161. The predicted octanol–water partition coefficient (Wildman–Crippen LogP) is 3.93. The molecule has 116 valence electrons. The van der Waals surface area contributed by atoms with Crippen molar-refractivity contribution in [3.8, 4) is 11.3 Å². The van der Waals surface area contributed by atoms with E-state index in [1.54, 1.807) is 6.07 Å². The molecule has 23 heavy (non-hydrogen) atoms. The van der Waals surface area contributed by atoms with E-state index in [1.807, 2.05) is 17.5 Å². The second-order valence-corrected chi connectivity index (χ2v) is 6.53. The van der Waals surface area contributed by atoms with Crippen LogP contribution in [0.1, 0.15) is 33.6 Å². The summed E-state index contributed by atoms with van der Waals surface area (Å²) >= 11 is 1.38. The van der Waals surface area contributed by atoms with Gasteiger partial charge in [-0.25, -0.2) is 4.63 Å². The van der Waals surface area contributed by atoms with Gasteiger partial charge >= 0.3 is 0 Å². The molecule has 0 atom stereocenters. The van der Waals surface area contributed by atoms with E-state index in [-0.39, 0.29) is 5.91 Å². The standard InChI is InChI=1S/C17H15N3O2S/c21-17(14-6-3-9-23-14)18-16-15(19-22-20-16)13-8-7-11-4-1-2-5-12(11)10-13/h3,6-10H,1-2,4-5H2,(H,18,20,21). The number of rotatable bonds is 3. The Labute approximate surface area is 137 Å². The number of fused-ring (bicyclic) bond motifs is 1. The van der Waals surface area contributed by atoms with Crippen LogP contribution in [-0.2, 0) is 12.8 Å². The smallest absolute Gasteiger partial charge is 0.267 e. The molecule has 0 spiro atoms. The van der Waals surface area contributed by atoms with Crippen molar-refractivity contribution in [2.75, 3.05) is 5.32 Å². The number of aromatic nitrogens is 2. The third kappa shape index (κ3) is 2.77. The van der Waals surface area contributed by atoms with Gasteiger partial charge in [0.05, 0.1) is 4.88 Å². The lowest BCUT2D eigenvalue weighted by atomic mass is 9.90. The second kappa shape index (κ2) is 5.96. The highest BCUT2D eigenvalue weighted by Crippen LogP contribution is 2.30. The highest BCUT2D eigenvalue weighted by Gasteiger charge is 2.18. The summed E-state index contributed by atoms with van der Waals surface area (Å²) in [6.07, 6.45) is 4.69. The average molecular weight is 325 g/mol. The Hall–Kier alpha value is -2.47. The van der Waals surface area contributed by atoms with E-state index in [2.05, 4.69) is 27.8 Å². The first-order valence-corrected chi connectivity index (χ1v) is 8.49. The monoisotopic (exact) mass is 325 g/mol. The van der Waals surface area contributed by atoms with Crippen molar-refractivity contribution in [2.45, 2.75) is 25.7 Å². The van der Waals surface area contributed by atoms with Gasteiger partial charge in [0.25, 0.3) is 5.91 Å². The fraction of sp³-hybridized carbons (Fsp3) is 0.235. The van der Waals surface area contributed by atoms with Crippen LogP contribution in [0.3, 0.4) is 0 Å². The van der Waals surface area contributed by atoms with E-state index < -0.39 is 0 Å². The molecule has 1 amide bonds. The quantitative estimate of drug-likeness (QED) is 0.792. The van der Waals surface area contributed by atoms with Crippen molar-refractivity contribution in [1.29, 1.82) is 0 Å². The zero-order chi connectivity index (χ0) is 15.6. The molecule has 1 aliphatic carbocycles. The Bertz CT molecular complexity index is 839. The molecule has 0 radical (unpaired) electrons. The third-order valence-corrected chi connectivity index (χ3v) is 4.96. The van der Waals surface area contributed by atoms with Gasteiger partial charge in [0.1, 0.15) is 0 Å². The lowest BCUT2D eigenvalue weighted by Crippen LogP contribution is -2.11. The van der Waals surface area contributed by atoms with Crippen molar-refractivity contribution >= 4 is 23.1 Å². The highest BCUT2D eigenvalue weighted by atomic mass is 32.1. The minimum atomic E-state index is -0.199. The molecule has 1 aliphatic rings. The van der Waals surface area contributed by atoms with Crippen molar-refractivity contribution in [1.82, 2.24) is 10.3 Å². The molecule has 2 heterocycles. The number of amides is 1. The van der Waals surface area contributed by atoms with Crippen LogP contribution in [0.2, 0.25) is 0 Å². The topological polar surface area (TPSA) is 68.0 Å². The molecular formula is C17H15N3O2S. The molecule has 5 nitrogen and oxygen atoms in total. The van der Waals surface area contributed by atoms with E-state index in [0.29, 0.717) is 16.4 Å². The molecule has 2 aromatic heterocycles. The van der Waals surface area contributed by atoms with E-state index in [0.717, 1.165) is 18.4 Å². The fourth-order valence-corrected chi connectivity index (χ4v) is 3.54. The van der Waals surface area contributed by atoms with Crippen LogP contribution in [0.4, 0.5) is 5.82 Å². The van der Waals surface area contributed by atoms with Gasteiger partial charge in [-0.05, 0) is 64.6 Å². The van der Waals surface area contributed by atoms with Crippen LogP contribution in [0.5, 0.6) is 0 Å². The number of hydrogen-bond donors (Lipinski definition) is 1. The maximum atomic E-state index is 12.2. The highest BCUT2D eigenvalue weighted by molar-refractivity contribution is 7.12. The summed E-state index contributed by atoms with van der Waals surface area (Å²) in [4.78, 5) is 12.8. The summed E-state index contributed by atoms with van der Waals surface area (Å²) in [7, 11) is 0. The number of nitrogens with one attached hydrogen (secondary N) is 1. The maximum Gasteiger partial charge on any atom is 0.267 e. The van der Waals surface area contributed by atoms with Crippen molar-refractivity contribution in [3.63, 3.8) is 0 Å². The minimum absolute atomic E-state index is 0.199. The lowest BCUT2D eigenvalue weighted by Gasteiger charge is -2.16. The second-order valence-electron chi connectivity index (χ2n) is 5.58. The minimum Gasteiger partial charge on any atom is -0.301 e. The lowest BCUT2D eigenvalue weighted by molar-refractivity contribution is 0.102. The van der Waals surface area contributed by atoms with Gasteiger partial charge in [0.2, 0.25) is 5.82 Å². The SMILES string of the molecule is O=C(Nc1nonc1-c1ccc2c(c1)CCCC2)c1cccs1. The Morgan fingerprint density at radius 1 is 1.13 bits per heavy atom. The zero-order valence-corrected chi connectivity index (χ0v) is 13.2. The first kappa shape index (κ1) is 14.1. The van der Waals surface area contributed by atoms with Gasteiger partial charge < -0.3 is 5.32 Å². The maximum absolute atomic E-state index is 12.2. The first-order valence-electron chi connectivity index (χ1n) is 7.61. The number of thiophene rings is 1. The molecule has 1 N–H and O–H groups in total. The Balaban J connectivity index is 1.63. The fourth-order valence-electron chi connectivity index (χ4n) is 2.92. The summed E-state index contributed by atoms with van der Waals surface area (Å²) in [6.45, 7) is 0. The summed E-state index contributed by atoms with van der Waals surface area (Å²) in [5.41, 5.74) is 4.25. The Kier molecular flexibility index (Phi) is 3.67. The molecule has 4 rings (SSSR count). The summed E-state index contributed by atoms with van der Waals surface area (Å²) < 4.78 is 4.85. The van der Waals surface area contributed by atoms with Crippen LogP contribution in [0.25, 0.3) is 11.3 Å². The average Bonchev–Trinajstić information content (AvgIpc) is 3.26. The van der Waals surface area contributed by atoms with Gasteiger partial charge in [-0.1, -0.05) is 18.2 Å². The number of benzene rings is 1. The van der Waals surface area contributed by atoms with E-state index >= 15 is 0 Å². The van der Waals surface area contributed by atoms with E-state index in [1.165, 1.54) is 35.3 Å². The number of anilines is 1. The van der Waals surface area contributed by atoms with Crippen LogP contribution in [0.15, 0.2) is 40.3 Å². The Morgan fingerprint density at radius 3 is 2.83 bits per heavy atom. The molecule has 3 aromatic rings. The molecule has 0 fully saturated rings. The van der Waals surface area contributed by atoms with Gasteiger partial charge in [0, 0.05) is 5.56 Å². The molecule has 0 bridgehead atoms. The number of nitrogens with zero attached hydrogens (tertiary/aromatic N) is 2. The molecule has 0 saturated heterocycles. The number of aryl methyl sites for hydroxylation is 2. The van der Waals surface area contributed by atoms with Crippen LogP contribution in [-0.4, -0.2) is 16.2 Å². The van der Waals surface area contributed by atoms with E-state index in [9.17, 15) is 4.79 Å². The van der Waals surface area contributed by atoms with Gasteiger partial charge in [-0.15, -0.1) is 11.3 Å². The van der Waals surface area contributed by atoms with Gasteiger partial charge in [-0.2, -0.15) is 0 Å². The number of hydrogen-bond acceptors (Lipinski definition) is 5. The number of carbonyl (C=O) groups excluding carboxylic acids is 1. The Morgan fingerprint density at radius 2 is 2.00 bits per heavy atom. The largest absolute Gasteiger partial charge is 0.301 e. The molecule has 0 saturated carbocycles. The zero-order valence-electron chi connectivity index (χ0n) is 12.4. The molecule has 6 heteroatoms. The summed E-state index contributed by atoms with van der Waals surface area (Å²) in [6, 6.07) is 9.90. The van der Waals surface area contributed by atoms with Crippen molar-refractivity contribution in [3.05, 3.63) is 51.7 Å². The first-order chi connectivity index (χ1) is 11.3. The molecule has 0 unspecified atom stereocenters. The van der Waals surface area contributed by atoms with Crippen LogP contribution in [0, 0.1) is 0 Å². The van der Waals surface area contributed by atoms with Crippen LogP contribution < -0.4 is 5.32 Å². The molecular weight excluding hydrogens is 310 g/mol.